The number of carboxylic acids is 1. The number of aromatic nitrogens is 2. The van der Waals surface area contributed by atoms with Crippen LogP contribution in [-0.4, -0.2) is 52.2 Å². The predicted octanol–water partition coefficient (Wildman–Crippen LogP) is 2.54. The first-order valence-electron chi connectivity index (χ1n) is 12.4. The number of carboxylic acid groups (broad SMARTS) is 1. The normalized spacial score (nSPS) is 16.4. The van der Waals surface area contributed by atoms with Crippen LogP contribution < -0.4 is 21.5 Å². The summed E-state index contributed by atoms with van der Waals surface area (Å²) < 4.78 is 1.91. The van der Waals surface area contributed by atoms with E-state index in [2.05, 4.69) is 11.4 Å². The number of benzene rings is 1. The number of carbonyl (C=O) groups excluding carboxylic acids is 1. The van der Waals surface area contributed by atoms with Gasteiger partial charge in [0.05, 0.1) is 34.5 Å². The van der Waals surface area contributed by atoms with Gasteiger partial charge in [0.25, 0.3) is 11.5 Å². The number of aliphatic carboxylic acids is 1. The van der Waals surface area contributed by atoms with Crippen LogP contribution in [0.25, 0.3) is 10.2 Å². The second kappa shape index (κ2) is 11.5. The minimum atomic E-state index is -0.883. The number of rotatable bonds is 9. The van der Waals surface area contributed by atoms with Gasteiger partial charge < -0.3 is 21.1 Å². The molecule has 0 spiro atoms. The average Bonchev–Trinajstić information content (AvgIpc) is 3.33. The largest absolute Gasteiger partial charge is 0.481 e. The van der Waals surface area contributed by atoms with E-state index in [1.54, 1.807) is 29.7 Å². The van der Waals surface area contributed by atoms with Gasteiger partial charge in [0.15, 0.2) is 0 Å². The fourth-order valence-corrected chi connectivity index (χ4v) is 5.54. The maximum absolute atomic E-state index is 13.7. The second-order valence-electron chi connectivity index (χ2n) is 9.23. The van der Waals surface area contributed by atoms with Gasteiger partial charge in [-0.2, -0.15) is 5.26 Å². The number of nitrogens with zero attached hydrogens (tertiary/aromatic N) is 4. The van der Waals surface area contributed by atoms with E-state index in [0.29, 0.717) is 58.1 Å². The van der Waals surface area contributed by atoms with Gasteiger partial charge in [-0.15, -0.1) is 11.3 Å². The molecule has 11 heteroatoms. The molecule has 1 aliphatic rings. The van der Waals surface area contributed by atoms with Crippen LogP contribution in [0, 0.1) is 17.2 Å². The molecule has 0 saturated carbocycles. The molecule has 37 heavy (non-hydrogen) atoms. The average molecular weight is 523 g/mol. The third kappa shape index (κ3) is 5.81. The van der Waals surface area contributed by atoms with Crippen LogP contribution in [0.5, 0.6) is 0 Å². The molecule has 1 aliphatic heterocycles. The number of nitrogens with two attached hydrogens (primary N) is 1. The number of hydrogen-bond acceptors (Lipinski definition) is 8. The van der Waals surface area contributed by atoms with Crippen molar-refractivity contribution in [2.75, 3.05) is 24.5 Å². The Hall–Kier alpha value is -3.75. The smallest absolute Gasteiger partial charge is 0.306 e. The van der Waals surface area contributed by atoms with E-state index in [4.69, 9.17) is 10.7 Å². The van der Waals surface area contributed by atoms with E-state index in [-0.39, 0.29) is 30.6 Å². The Morgan fingerprint density at radius 2 is 2.16 bits per heavy atom. The number of nitrogens with one attached hydrogen (secondary N) is 1. The third-order valence-electron chi connectivity index (χ3n) is 6.66. The van der Waals surface area contributed by atoms with E-state index >= 15 is 0 Å². The summed E-state index contributed by atoms with van der Waals surface area (Å²) in [6.07, 6.45) is 2.57. The molecule has 2 atom stereocenters. The highest BCUT2D eigenvalue weighted by Crippen LogP contribution is 2.26. The Morgan fingerprint density at radius 3 is 2.86 bits per heavy atom. The monoisotopic (exact) mass is 522 g/mol. The number of amides is 1. The first-order chi connectivity index (χ1) is 17.8. The van der Waals surface area contributed by atoms with Crippen LogP contribution >= 0.6 is 11.3 Å². The highest BCUT2D eigenvalue weighted by molar-refractivity contribution is 7.20. The van der Waals surface area contributed by atoms with Crippen LogP contribution in [-0.2, 0) is 11.3 Å². The predicted molar refractivity (Wildman–Crippen MR) is 142 cm³/mol. The van der Waals surface area contributed by atoms with Gasteiger partial charge >= 0.3 is 5.97 Å². The molecule has 0 aliphatic carbocycles. The Labute approximate surface area is 218 Å². The van der Waals surface area contributed by atoms with Gasteiger partial charge in [-0.1, -0.05) is 25.1 Å². The molecule has 3 aromatic rings. The Kier molecular flexibility index (Phi) is 8.21. The highest BCUT2D eigenvalue weighted by Gasteiger charge is 2.25. The zero-order valence-electron chi connectivity index (χ0n) is 20.6. The Bertz CT molecular complexity index is 1410. The molecule has 1 saturated heterocycles. The number of hydrogen-bond donors (Lipinski definition) is 3. The van der Waals surface area contributed by atoms with Crippen molar-refractivity contribution in [3.05, 3.63) is 56.7 Å². The lowest BCUT2D eigenvalue weighted by Gasteiger charge is -2.33. The minimum Gasteiger partial charge on any atom is -0.481 e. The molecule has 194 valence electrons. The molecule has 10 nitrogen and oxygen atoms in total. The molecule has 0 radical (unpaired) electrons. The number of carbonyl (C=O) groups is 2. The van der Waals surface area contributed by atoms with Gasteiger partial charge in [-0.05, 0) is 43.4 Å². The molecule has 4 rings (SSSR count). The number of fused-ring (bicyclic) bond motifs is 1. The fourth-order valence-electron chi connectivity index (χ4n) is 4.57. The van der Waals surface area contributed by atoms with E-state index in [0.717, 1.165) is 24.2 Å². The van der Waals surface area contributed by atoms with E-state index in [9.17, 15) is 24.8 Å². The zero-order valence-corrected chi connectivity index (χ0v) is 21.5. The van der Waals surface area contributed by atoms with Crippen molar-refractivity contribution in [1.29, 1.82) is 5.26 Å². The van der Waals surface area contributed by atoms with Crippen molar-refractivity contribution < 1.29 is 14.7 Å². The maximum Gasteiger partial charge on any atom is 0.306 e. The topological polar surface area (TPSA) is 154 Å². The molecule has 1 fully saturated rings. The molecular formula is C26H30N6O4S. The van der Waals surface area contributed by atoms with Gasteiger partial charge in [-0.25, -0.2) is 4.98 Å². The van der Waals surface area contributed by atoms with Crippen molar-refractivity contribution in [1.82, 2.24) is 14.9 Å². The maximum atomic E-state index is 13.7. The van der Waals surface area contributed by atoms with Gasteiger partial charge in [-0.3, -0.25) is 19.0 Å². The number of nitriles is 1. The van der Waals surface area contributed by atoms with Gasteiger partial charge in [0, 0.05) is 25.7 Å². The van der Waals surface area contributed by atoms with Gasteiger partial charge in [0.1, 0.15) is 4.70 Å². The SMILES string of the molecule is CC[C@H](CCNC(=O)c1cc2nc(N3CCCC(N)C3)n(Cc3ccccc3C#N)c(=O)c2s1)C(=O)O. The quantitative estimate of drug-likeness (QED) is 0.387. The van der Waals surface area contributed by atoms with Crippen molar-refractivity contribution in [2.45, 2.75) is 45.2 Å². The summed E-state index contributed by atoms with van der Waals surface area (Å²) in [5.74, 6) is -1.31. The first kappa shape index (κ1) is 26.3. The summed E-state index contributed by atoms with van der Waals surface area (Å²) in [5.41, 5.74) is 7.54. The zero-order chi connectivity index (χ0) is 26.5. The first-order valence-corrected chi connectivity index (χ1v) is 13.2. The third-order valence-corrected chi connectivity index (χ3v) is 7.78. The standard InChI is InChI=1S/C26H30N6O4S/c1-2-16(25(35)36)9-10-29-23(33)21-12-20-22(37-21)24(34)32(14-18-7-4-3-6-17(18)13-27)26(30-20)31-11-5-8-19(28)15-31/h3-4,6-7,12,16,19H,2,5,8-11,14-15,28H2,1H3,(H,29,33)(H,35,36)/t16-,19?/m1/s1. The van der Waals surface area contributed by atoms with E-state index < -0.39 is 11.9 Å². The molecule has 3 heterocycles. The molecule has 0 bridgehead atoms. The number of anilines is 1. The van der Waals surface area contributed by atoms with Crippen LogP contribution in [0.2, 0.25) is 0 Å². The second-order valence-corrected chi connectivity index (χ2v) is 10.3. The molecule has 1 aromatic carbocycles. The van der Waals surface area contributed by atoms with Crippen molar-refractivity contribution in [3.63, 3.8) is 0 Å². The van der Waals surface area contributed by atoms with Crippen LogP contribution in [0.1, 0.15) is 53.4 Å². The van der Waals surface area contributed by atoms with Crippen molar-refractivity contribution in [2.24, 2.45) is 11.7 Å². The van der Waals surface area contributed by atoms with Crippen molar-refractivity contribution in [3.8, 4) is 6.07 Å². The Morgan fingerprint density at radius 1 is 1.38 bits per heavy atom. The van der Waals surface area contributed by atoms with E-state index in [1.165, 1.54) is 0 Å². The molecule has 4 N–H and O–H groups in total. The summed E-state index contributed by atoms with van der Waals surface area (Å²) in [4.78, 5) is 44.9. The van der Waals surface area contributed by atoms with Crippen LogP contribution in [0.4, 0.5) is 5.95 Å². The molecule has 1 amide bonds. The lowest BCUT2D eigenvalue weighted by molar-refractivity contribution is -0.142. The summed E-state index contributed by atoms with van der Waals surface area (Å²) in [7, 11) is 0. The Balaban J connectivity index is 1.69. The summed E-state index contributed by atoms with van der Waals surface area (Å²) in [6, 6.07) is 10.9. The van der Waals surface area contributed by atoms with Crippen LogP contribution in [0.15, 0.2) is 35.1 Å². The summed E-state index contributed by atoms with van der Waals surface area (Å²) in [5, 5.41) is 21.5. The lowest BCUT2D eigenvalue weighted by Crippen LogP contribution is -2.45. The minimum absolute atomic E-state index is 0.0391. The van der Waals surface area contributed by atoms with Crippen LogP contribution in [0.3, 0.4) is 0 Å². The summed E-state index contributed by atoms with van der Waals surface area (Å²) in [6.45, 7) is 3.44. The highest BCUT2D eigenvalue weighted by atomic mass is 32.1. The van der Waals surface area contributed by atoms with Crippen molar-refractivity contribution >= 4 is 39.4 Å². The molecule has 2 aromatic heterocycles. The fraction of sp³-hybridized carbons (Fsp3) is 0.423. The lowest BCUT2D eigenvalue weighted by atomic mass is 10.0. The summed E-state index contributed by atoms with van der Waals surface area (Å²) >= 11 is 1.06. The number of piperidine rings is 1. The number of thiophene rings is 1. The van der Waals surface area contributed by atoms with E-state index in [1.807, 2.05) is 17.0 Å². The molecular weight excluding hydrogens is 492 g/mol. The van der Waals surface area contributed by atoms with Gasteiger partial charge in [0.2, 0.25) is 5.95 Å². The molecule has 1 unspecified atom stereocenters.